The summed E-state index contributed by atoms with van der Waals surface area (Å²) in [5.74, 6) is -6.05. The summed E-state index contributed by atoms with van der Waals surface area (Å²) >= 11 is 6.44. The Bertz CT molecular complexity index is 2730. The number of nitrogens with one attached hydrogen (secondary N) is 2. The van der Waals surface area contributed by atoms with Crippen molar-refractivity contribution in [2.45, 2.75) is 24.2 Å². The number of carbonyl (C=O) groups is 4. The van der Waals surface area contributed by atoms with Gasteiger partial charge in [0.15, 0.2) is 0 Å². The average Bonchev–Trinajstić information content (AvgIpc) is 3.63. The molecule has 0 unspecified atom stereocenters. The van der Waals surface area contributed by atoms with Gasteiger partial charge >= 0.3 is 0 Å². The number of hydrogen-bond acceptors (Lipinski definition) is 7. The number of benzene rings is 6. The minimum absolute atomic E-state index is 0.0529. The van der Waals surface area contributed by atoms with Gasteiger partial charge in [0, 0.05) is 27.7 Å². The number of amides is 4. The van der Waals surface area contributed by atoms with E-state index in [0.29, 0.717) is 38.3 Å². The highest BCUT2D eigenvalue weighted by atomic mass is 35.5. The van der Waals surface area contributed by atoms with Gasteiger partial charge in [-0.3, -0.25) is 29.5 Å². The van der Waals surface area contributed by atoms with E-state index in [1.165, 1.54) is 29.2 Å². The number of aromatic hydroxyl groups is 1. The van der Waals surface area contributed by atoms with Gasteiger partial charge in [0.05, 0.1) is 34.5 Å². The van der Waals surface area contributed by atoms with Gasteiger partial charge in [-0.25, -0.2) is 4.39 Å². The predicted octanol–water partition coefficient (Wildman–Crippen LogP) is 9.27. The lowest BCUT2D eigenvalue weighted by atomic mass is 9.49. The molecule has 2 heterocycles. The van der Waals surface area contributed by atoms with Crippen LogP contribution < -0.4 is 15.6 Å². The fourth-order valence-corrected chi connectivity index (χ4v) is 10.3. The molecule has 1 saturated carbocycles. The largest absolute Gasteiger partial charge is 0.507 e. The van der Waals surface area contributed by atoms with E-state index < -0.39 is 52.6 Å². The maximum absolute atomic E-state index is 15.5. The fourth-order valence-electron chi connectivity index (χ4n) is 10.2. The number of imide groups is 2. The molecule has 2 aliphatic heterocycles. The quantitative estimate of drug-likeness (QED) is 0.109. The van der Waals surface area contributed by atoms with Gasteiger partial charge in [-0.15, -0.1) is 0 Å². The standard InChI is InChI=1S/C48H36ClFN4O5/c49-28-12-10-27(11-13-28)48-40(45(57)54(47(48)59)52-32-16-14-29(50)15-17-32)26-39-37(43(48)36-24-25-41(55)35-9-5-4-8-34(35)36)22-23-38-42(39)46(58)53(44(38)56)33-20-18-31(19-21-33)51-30-6-2-1-3-7-30/h1-22,24-25,38-40,42-43,51-52,55H,23,26H2/t38-,39+,40-,42-,43-,48+/m0/s1. The monoisotopic (exact) mass is 802 g/mol. The highest BCUT2D eigenvalue weighted by Crippen LogP contribution is 2.65. The topological polar surface area (TPSA) is 119 Å². The number of hydrazine groups is 1. The number of halogens is 2. The van der Waals surface area contributed by atoms with Crippen LogP contribution in [0.15, 0.2) is 151 Å². The maximum atomic E-state index is 15.5. The summed E-state index contributed by atoms with van der Waals surface area (Å²) in [6.45, 7) is 0. The normalized spacial score (nSPS) is 24.8. The lowest BCUT2D eigenvalue weighted by Crippen LogP contribution is -2.53. The average molecular weight is 803 g/mol. The van der Waals surface area contributed by atoms with Gasteiger partial charge in [-0.1, -0.05) is 83.9 Å². The van der Waals surface area contributed by atoms with Crippen LogP contribution in [0.25, 0.3) is 10.8 Å². The van der Waals surface area contributed by atoms with Gasteiger partial charge in [-0.05, 0) is 114 Å². The molecule has 6 aromatic rings. The second-order valence-electron chi connectivity index (χ2n) is 15.6. The van der Waals surface area contributed by atoms with Crippen LogP contribution in [-0.4, -0.2) is 33.7 Å². The Morgan fingerprint density at radius 1 is 0.678 bits per heavy atom. The molecule has 10 rings (SSSR count). The predicted molar refractivity (Wildman–Crippen MR) is 223 cm³/mol. The van der Waals surface area contributed by atoms with Crippen molar-refractivity contribution in [3.8, 4) is 5.75 Å². The molecule has 11 heteroatoms. The van der Waals surface area contributed by atoms with E-state index in [2.05, 4.69) is 10.7 Å². The van der Waals surface area contributed by atoms with E-state index in [9.17, 15) is 19.1 Å². The smallest absolute Gasteiger partial charge is 0.260 e. The number of anilines is 4. The van der Waals surface area contributed by atoms with E-state index in [0.717, 1.165) is 22.0 Å². The molecule has 3 fully saturated rings. The molecule has 292 valence electrons. The van der Waals surface area contributed by atoms with Crippen LogP contribution in [0.3, 0.4) is 0 Å². The van der Waals surface area contributed by atoms with Crippen molar-refractivity contribution >= 4 is 68.8 Å². The Hall–Kier alpha value is -6.78. The first-order valence-corrected chi connectivity index (χ1v) is 19.9. The maximum Gasteiger partial charge on any atom is 0.260 e. The summed E-state index contributed by atoms with van der Waals surface area (Å²) in [5, 5.41) is 17.1. The molecule has 4 aliphatic rings. The van der Waals surface area contributed by atoms with Crippen molar-refractivity contribution in [3.63, 3.8) is 0 Å². The summed E-state index contributed by atoms with van der Waals surface area (Å²) in [5.41, 5.74) is 5.92. The minimum Gasteiger partial charge on any atom is -0.507 e. The van der Waals surface area contributed by atoms with E-state index in [1.54, 1.807) is 54.6 Å². The molecule has 2 saturated heterocycles. The number of fused-ring (bicyclic) bond motifs is 5. The zero-order valence-electron chi connectivity index (χ0n) is 31.4. The van der Waals surface area contributed by atoms with Crippen LogP contribution in [-0.2, 0) is 24.6 Å². The highest BCUT2D eigenvalue weighted by Gasteiger charge is 2.70. The van der Waals surface area contributed by atoms with Crippen molar-refractivity contribution < 1.29 is 28.7 Å². The van der Waals surface area contributed by atoms with Crippen molar-refractivity contribution in [2.75, 3.05) is 15.6 Å². The highest BCUT2D eigenvalue weighted by molar-refractivity contribution is 6.30. The van der Waals surface area contributed by atoms with Gasteiger partial charge in [-0.2, -0.15) is 5.01 Å². The molecule has 6 aromatic carbocycles. The Kier molecular flexibility index (Phi) is 8.64. The Morgan fingerprint density at radius 3 is 2.07 bits per heavy atom. The third-order valence-corrected chi connectivity index (χ3v) is 12.9. The minimum atomic E-state index is -1.56. The summed E-state index contributed by atoms with van der Waals surface area (Å²) in [4.78, 5) is 61.1. The van der Waals surface area contributed by atoms with Crippen LogP contribution in [0.5, 0.6) is 5.75 Å². The number of rotatable bonds is 7. The summed E-state index contributed by atoms with van der Waals surface area (Å²) < 4.78 is 14.0. The van der Waals surface area contributed by atoms with Crippen LogP contribution in [0.2, 0.25) is 5.02 Å². The molecule has 0 bridgehead atoms. The Morgan fingerprint density at radius 2 is 1.34 bits per heavy atom. The van der Waals surface area contributed by atoms with Crippen LogP contribution in [0.4, 0.5) is 27.1 Å². The molecular weight excluding hydrogens is 767 g/mol. The van der Waals surface area contributed by atoms with Gasteiger partial charge in [0.25, 0.3) is 11.8 Å². The van der Waals surface area contributed by atoms with Crippen molar-refractivity contribution in [1.82, 2.24) is 5.01 Å². The van der Waals surface area contributed by atoms with Crippen molar-refractivity contribution in [1.29, 1.82) is 0 Å². The zero-order chi connectivity index (χ0) is 40.6. The van der Waals surface area contributed by atoms with Crippen molar-refractivity contribution in [2.24, 2.45) is 23.7 Å². The number of allylic oxidation sites excluding steroid dienone is 2. The van der Waals surface area contributed by atoms with Gasteiger partial charge in [0.2, 0.25) is 11.8 Å². The van der Waals surface area contributed by atoms with E-state index >= 15 is 9.59 Å². The van der Waals surface area contributed by atoms with Crippen molar-refractivity contribution in [3.05, 3.63) is 173 Å². The van der Waals surface area contributed by atoms with Crippen LogP contribution in [0.1, 0.15) is 29.9 Å². The van der Waals surface area contributed by atoms with E-state index in [-0.39, 0.29) is 30.4 Å². The summed E-state index contributed by atoms with van der Waals surface area (Å²) in [6.07, 6.45) is 2.35. The molecule has 2 aliphatic carbocycles. The number of para-hydroxylation sites is 1. The number of nitrogens with zero attached hydrogens (tertiary/aromatic N) is 2. The second kappa shape index (κ2) is 14.0. The number of phenolic OH excluding ortho intramolecular Hbond substituents is 1. The first-order valence-electron chi connectivity index (χ1n) is 19.5. The number of carbonyl (C=O) groups excluding carboxylic acids is 4. The molecule has 0 radical (unpaired) electrons. The van der Waals surface area contributed by atoms with Gasteiger partial charge < -0.3 is 10.4 Å². The Labute approximate surface area is 343 Å². The molecule has 6 atom stereocenters. The van der Waals surface area contributed by atoms with Gasteiger partial charge in [0.1, 0.15) is 11.6 Å². The van der Waals surface area contributed by atoms with E-state index in [4.69, 9.17) is 11.6 Å². The molecule has 0 aromatic heterocycles. The molecular formula is C48H36ClFN4O5. The SMILES string of the molecule is O=C1[C@@H]2C[C@@H]3C(=CC[C@@H]4C(=O)N(c5ccc(Nc6ccccc6)cc5)C(=O)[C@@H]43)[C@H](c3ccc(O)c4ccccc34)[C@]2(c2ccc(Cl)cc2)C(=O)N1Nc1ccc(F)cc1. The molecule has 4 amide bonds. The second-order valence-corrected chi connectivity index (χ2v) is 16.1. The van der Waals surface area contributed by atoms with Crippen LogP contribution >= 0.6 is 11.6 Å². The summed E-state index contributed by atoms with van der Waals surface area (Å²) in [7, 11) is 0. The molecule has 3 N–H and O–H groups in total. The van der Waals surface area contributed by atoms with Crippen LogP contribution in [0, 0.1) is 29.5 Å². The number of phenols is 1. The first-order chi connectivity index (χ1) is 28.6. The number of hydrogen-bond donors (Lipinski definition) is 3. The lowest BCUT2D eigenvalue weighted by molar-refractivity contribution is -0.138. The third kappa shape index (κ3) is 5.65. The zero-order valence-corrected chi connectivity index (χ0v) is 32.1. The first kappa shape index (κ1) is 36.6. The fraction of sp³-hybridized carbons (Fsp3) is 0.167. The lowest BCUT2D eigenvalue weighted by Gasteiger charge is -2.51. The molecule has 9 nitrogen and oxygen atoms in total. The Balaban J connectivity index is 1.12. The molecule has 59 heavy (non-hydrogen) atoms. The van der Waals surface area contributed by atoms with E-state index in [1.807, 2.05) is 66.7 Å². The third-order valence-electron chi connectivity index (χ3n) is 12.7. The molecule has 0 spiro atoms. The summed E-state index contributed by atoms with van der Waals surface area (Å²) in [6, 6.07) is 39.9.